The normalized spacial score (nSPS) is 17.1. The van der Waals surface area contributed by atoms with Gasteiger partial charge in [-0.05, 0) is 0 Å². The van der Waals surface area contributed by atoms with Crippen LogP contribution in [0.5, 0.6) is 0 Å². The van der Waals surface area contributed by atoms with Crippen LogP contribution in [0.15, 0.2) is 24.5 Å². The maximum absolute atomic E-state index is 7.75. The third-order valence-corrected chi connectivity index (χ3v) is 8.69. The fraction of sp³-hybridized carbons (Fsp3) is 0.577. The molecule has 1 saturated carbocycles. The van der Waals surface area contributed by atoms with Crippen LogP contribution in [0.3, 0.4) is 0 Å². The molecule has 4 nitrogen and oxygen atoms in total. The van der Waals surface area contributed by atoms with Gasteiger partial charge in [0, 0.05) is 0 Å². The van der Waals surface area contributed by atoms with Gasteiger partial charge in [0.15, 0.2) is 0 Å². The van der Waals surface area contributed by atoms with Crippen LogP contribution in [0, 0.1) is 24.7 Å². The third-order valence-electron chi connectivity index (χ3n) is 6.17. The molecular formula is C26H38ClIrN2O2-2. The number of hydrogen-bond acceptors (Lipinski definition) is 2. The first-order chi connectivity index (χ1) is 15.6. The molecule has 32 heavy (non-hydrogen) atoms. The van der Waals surface area contributed by atoms with Crippen molar-refractivity contribution < 1.29 is 25.8 Å². The predicted molar refractivity (Wildman–Crippen MR) is 130 cm³/mol. The molecule has 1 fully saturated rings. The molecule has 1 aromatic heterocycles. The van der Waals surface area contributed by atoms with E-state index in [9.17, 15) is 0 Å². The van der Waals surface area contributed by atoms with E-state index in [1.54, 1.807) is 0 Å². The van der Waals surface area contributed by atoms with Crippen molar-refractivity contribution in [2.75, 3.05) is 0 Å². The Labute approximate surface area is 205 Å². The minimum Gasteiger partial charge on any atom is -0.545 e. The molecule has 0 amide bonds. The van der Waals surface area contributed by atoms with E-state index in [1.165, 1.54) is 96.9 Å². The number of aryl methyl sites for hydroxylation is 3. The van der Waals surface area contributed by atoms with Gasteiger partial charge in [-0.25, -0.2) is 0 Å². The molecular weight excluding hydrogens is 600 g/mol. The number of imidazole rings is 1. The summed E-state index contributed by atoms with van der Waals surface area (Å²) in [5, 5.41) is 0. The summed E-state index contributed by atoms with van der Waals surface area (Å²) in [6, 6.07) is 5.20. The van der Waals surface area contributed by atoms with Crippen molar-refractivity contribution in [1.29, 1.82) is 0 Å². The first kappa shape index (κ1) is 28.7. The zero-order valence-electron chi connectivity index (χ0n) is 19.7. The maximum Gasteiger partial charge on any atom is -0.282 e. The number of halogens is 1. The van der Waals surface area contributed by atoms with Crippen molar-refractivity contribution in [2.45, 2.75) is 97.4 Å². The fourth-order valence-electron chi connectivity index (χ4n) is 4.84. The Hall–Kier alpha value is -1.29. The number of carbonyl (C=O) groups excluding carboxylic acids is 2. The van der Waals surface area contributed by atoms with Gasteiger partial charge in [0.05, 0.1) is 0 Å². The summed E-state index contributed by atoms with van der Waals surface area (Å²) < 4.78 is 6.30. The molecule has 6 heteroatoms. The Morgan fingerprint density at radius 1 is 0.781 bits per heavy atom. The van der Waals surface area contributed by atoms with Crippen molar-refractivity contribution in [2.24, 2.45) is 0 Å². The van der Waals surface area contributed by atoms with E-state index in [-0.39, 0.29) is 0 Å². The molecule has 182 valence electrons. The molecule has 1 aromatic carbocycles. The van der Waals surface area contributed by atoms with Crippen LogP contribution in [0.2, 0.25) is 0 Å². The standard InChI is InChI=1S/C24H36N2.2CHO.ClH.Ir/c1-20-17-21(2)24(22(3)18-20)26-16-15-25(19-26)23-13-11-9-7-5-4-6-8-10-12-14-23;2*1-2;;/h15-18,23H,4-14H2,1-3H3;2*1H;1H;/q;2*-1;;+1/p-1. The van der Waals surface area contributed by atoms with Gasteiger partial charge in [-0.2, -0.15) is 0 Å². The molecule has 0 atom stereocenters. The summed E-state index contributed by atoms with van der Waals surface area (Å²) in [6.45, 7) is 13.1. The number of aromatic nitrogens is 2. The van der Waals surface area contributed by atoms with Crippen molar-refractivity contribution in [1.82, 2.24) is 9.13 Å². The van der Waals surface area contributed by atoms with Gasteiger partial charge < -0.3 is 9.59 Å². The molecule has 0 bridgehead atoms. The second-order valence-electron chi connectivity index (χ2n) is 8.55. The monoisotopic (exact) mass is 638 g/mol. The van der Waals surface area contributed by atoms with Crippen molar-refractivity contribution in [3.8, 4) is 5.69 Å². The molecule has 3 rings (SSSR count). The van der Waals surface area contributed by atoms with Crippen LogP contribution in [0.4, 0.5) is 0 Å². The van der Waals surface area contributed by atoms with Gasteiger partial charge in [0.25, 0.3) is 0 Å². The van der Waals surface area contributed by atoms with E-state index < -0.39 is 16.2 Å². The molecule has 1 heterocycles. The number of rotatable bonds is 2. The Balaban J connectivity index is 0.00000121. The third kappa shape index (κ3) is 8.24. The van der Waals surface area contributed by atoms with Crippen molar-refractivity contribution in [3.63, 3.8) is 0 Å². The summed E-state index contributed by atoms with van der Waals surface area (Å²) in [5.41, 5.74) is 5.35. The van der Waals surface area contributed by atoms with Gasteiger partial charge in [0.2, 0.25) is 0 Å². The molecule has 1 aliphatic rings. The molecule has 0 saturated heterocycles. The van der Waals surface area contributed by atoms with E-state index in [2.05, 4.69) is 68.0 Å². The van der Waals surface area contributed by atoms with E-state index in [1.807, 2.05) is 0 Å². The molecule has 0 unspecified atom stereocenters. The second kappa shape index (κ2) is 16.3. The summed E-state index contributed by atoms with van der Waals surface area (Å²) in [5.74, 6) is 0. The van der Waals surface area contributed by atoms with Gasteiger partial charge in [-0.15, -0.1) is 0 Å². The van der Waals surface area contributed by atoms with Crippen LogP contribution < -0.4 is 0 Å². The number of hydrogen-bond donors (Lipinski definition) is 0. The Kier molecular flexibility index (Phi) is 14.7. The quantitative estimate of drug-likeness (QED) is 0.257. The Bertz CT molecular complexity index is 838. The maximum atomic E-state index is 7.75. The minimum absolute atomic E-state index is 0.615. The zero-order valence-corrected chi connectivity index (χ0v) is 22.9. The molecule has 0 N–H and O–H groups in total. The van der Waals surface area contributed by atoms with Crippen LogP contribution in [-0.2, 0) is 25.8 Å². The topological polar surface area (TPSA) is 44.0 Å². The van der Waals surface area contributed by atoms with E-state index in [0.29, 0.717) is 6.04 Å². The molecule has 0 spiro atoms. The van der Waals surface area contributed by atoms with Gasteiger partial charge in [0.1, 0.15) is 0 Å². The van der Waals surface area contributed by atoms with E-state index >= 15 is 0 Å². The van der Waals surface area contributed by atoms with Gasteiger partial charge in [-0.1, -0.05) is 0 Å². The average molecular weight is 638 g/mol. The van der Waals surface area contributed by atoms with Crippen LogP contribution in [0.25, 0.3) is 5.69 Å². The number of nitrogens with zero attached hydrogens (tertiary/aromatic N) is 2. The van der Waals surface area contributed by atoms with Gasteiger partial charge in [-0.3, -0.25) is 13.6 Å². The van der Waals surface area contributed by atoms with Crippen LogP contribution in [-0.4, -0.2) is 22.7 Å². The van der Waals surface area contributed by atoms with E-state index in [0.717, 1.165) is 0 Å². The molecule has 1 aliphatic carbocycles. The molecule has 0 aliphatic heterocycles. The minimum atomic E-state index is -0.669. The molecule has 2 aromatic rings. The largest absolute Gasteiger partial charge is 0.545 e. The first-order valence-electron chi connectivity index (χ1n) is 11.5. The first-order valence-corrected chi connectivity index (χ1v) is 15.7. The molecule has 0 radical (unpaired) electrons. The smallest absolute Gasteiger partial charge is 0.282 e. The Morgan fingerprint density at radius 3 is 1.66 bits per heavy atom. The van der Waals surface area contributed by atoms with Gasteiger partial charge >= 0.3 is 183 Å². The zero-order chi connectivity index (χ0) is 23.9. The summed E-state index contributed by atoms with van der Waals surface area (Å²) in [7, 11) is 6.65. The van der Waals surface area contributed by atoms with E-state index in [4.69, 9.17) is 19.2 Å². The van der Waals surface area contributed by atoms with Crippen molar-refractivity contribution in [3.05, 3.63) is 45.1 Å². The fourth-order valence-corrected chi connectivity index (χ4v) is 7.38. The SMILES string of the molecule is Cc1cc(C)c(-n2ccn(C3CCCCCCCCCCC3)[c]2=[Ir][Cl])c(C)c1.[CH-]=O.[CH-]=O. The van der Waals surface area contributed by atoms with Crippen molar-refractivity contribution >= 4 is 23.2 Å². The summed E-state index contributed by atoms with van der Waals surface area (Å²) in [6.07, 6.45) is 19.8. The summed E-state index contributed by atoms with van der Waals surface area (Å²) >= 11 is -0.669. The predicted octanol–water partition coefficient (Wildman–Crippen LogP) is 7.27. The van der Waals surface area contributed by atoms with Crippen LogP contribution in [0.1, 0.15) is 93.4 Å². The number of benzene rings is 1. The summed E-state index contributed by atoms with van der Waals surface area (Å²) in [4.78, 5) is 15.5. The van der Waals surface area contributed by atoms with Crippen LogP contribution >= 0.6 is 9.58 Å². The average Bonchev–Trinajstić information content (AvgIpc) is 3.19. The Morgan fingerprint density at radius 2 is 1.22 bits per heavy atom. The second-order valence-corrected chi connectivity index (χ2v) is 11.1.